The van der Waals surface area contributed by atoms with Gasteiger partial charge in [0.25, 0.3) is 0 Å². The smallest absolute Gasteiger partial charge is 0.315 e. The van der Waals surface area contributed by atoms with E-state index in [1.165, 1.54) is 25.8 Å². The summed E-state index contributed by atoms with van der Waals surface area (Å²) in [5.41, 5.74) is 1.15. The second kappa shape index (κ2) is 7.34. The van der Waals surface area contributed by atoms with E-state index in [4.69, 9.17) is 11.6 Å². The number of nitrogens with one attached hydrogen (secondary N) is 2. The van der Waals surface area contributed by atoms with Crippen LogP contribution in [0, 0.1) is 0 Å². The molecular formula is C17H24ClN3O. The SMILES string of the molecule is O=C(NCCc1cccc(Cl)c1)NC1CCN2CCCCC12. The standard InChI is InChI=1S/C17H24ClN3O/c18-14-5-3-4-13(12-14)7-9-19-17(22)20-15-8-11-21-10-2-1-6-16(15)21/h3-5,12,15-16H,1-2,6-11H2,(H2,19,20,22). The summed E-state index contributed by atoms with van der Waals surface area (Å²) in [5.74, 6) is 0. The van der Waals surface area contributed by atoms with Gasteiger partial charge < -0.3 is 10.6 Å². The molecule has 3 rings (SSSR count). The molecular weight excluding hydrogens is 298 g/mol. The van der Waals surface area contributed by atoms with Crippen molar-refractivity contribution >= 4 is 17.6 Å². The highest BCUT2D eigenvalue weighted by Crippen LogP contribution is 2.26. The number of piperidine rings is 1. The lowest BCUT2D eigenvalue weighted by molar-refractivity contribution is 0.179. The zero-order valence-corrected chi connectivity index (χ0v) is 13.6. The molecule has 2 unspecified atom stereocenters. The minimum Gasteiger partial charge on any atom is -0.338 e. The van der Waals surface area contributed by atoms with E-state index in [1.807, 2.05) is 24.3 Å². The summed E-state index contributed by atoms with van der Waals surface area (Å²) in [4.78, 5) is 14.6. The van der Waals surface area contributed by atoms with E-state index in [2.05, 4.69) is 15.5 Å². The van der Waals surface area contributed by atoms with Crippen molar-refractivity contribution in [2.24, 2.45) is 0 Å². The van der Waals surface area contributed by atoms with Crippen molar-refractivity contribution < 1.29 is 4.79 Å². The third kappa shape index (κ3) is 3.93. The maximum absolute atomic E-state index is 12.1. The molecule has 4 nitrogen and oxygen atoms in total. The highest BCUT2D eigenvalue weighted by Gasteiger charge is 2.36. The van der Waals surface area contributed by atoms with Crippen molar-refractivity contribution in [2.75, 3.05) is 19.6 Å². The average Bonchev–Trinajstić information content (AvgIpc) is 2.91. The van der Waals surface area contributed by atoms with Gasteiger partial charge in [0.05, 0.1) is 0 Å². The van der Waals surface area contributed by atoms with Gasteiger partial charge in [0, 0.05) is 30.2 Å². The summed E-state index contributed by atoms with van der Waals surface area (Å²) < 4.78 is 0. The van der Waals surface area contributed by atoms with Gasteiger partial charge in [-0.15, -0.1) is 0 Å². The molecule has 1 aromatic rings. The number of carbonyl (C=O) groups excluding carboxylic acids is 1. The van der Waals surface area contributed by atoms with E-state index in [0.717, 1.165) is 30.0 Å². The first-order valence-corrected chi connectivity index (χ1v) is 8.63. The molecule has 2 amide bonds. The van der Waals surface area contributed by atoms with Gasteiger partial charge in [-0.05, 0) is 49.9 Å². The number of nitrogens with zero attached hydrogens (tertiary/aromatic N) is 1. The van der Waals surface area contributed by atoms with Crippen LogP contribution < -0.4 is 10.6 Å². The summed E-state index contributed by atoms with van der Waals surface area (Å²) in [6, 6.07) is 8.59. The average molecular weight is 322 g/mol. The Hall–Kier alpha value is -1.26. The number of rotatable bonds is 4. The third-order valence-electron chi connectivity index (χ3n) is 4.76. The number of hydrogen-bond acceptors (Lipinski definition) is 2. The summed E-state index contributed by atoms with van der Waals surface area (Å²) in [6.45, 7) is 2.95. The topological polar surface area (TPSA) is 44.4 Å². The quantitative estimate of drug-likeness (QED) is 0.895. The Kier molecular flexibility index (Phi) is 5.21. The molecule has 5 heteroatoms. The van der Waals surface area contributed by atoms with Gasteiger partial charge in [-0.2, -0.15) is 0 Å². The van der Waals surface area contributed by atoms with Crippen LogP contribution in [-0.4, -0.2) is 42.6 Å². The molecule has 0 bridgehead atoms. The fraction of sp³-hybridized carbons (Fsp3) is 0.588. The van der Waals surface area contributed by atoms with Gasteiger partial charge in [-0.1, -0.05) is 30.2 Å². The van der Waals surface area contributed by atoms with Crippen molar-refractivity contribution in [3.05, 3.63) is 34.9 Å². The molecule has 2 saturated heterocycles. The highest BCUT2D eigenvalue weighted by molar-refractivity contribution is 6.30. The molecule has 0 radical (unpaired) electrons. The summed E-state index contributed by atoms with van der Waals surface area (Å²) in [5, 5.41) is 6.86. The Labute approximate surface area is 137 Å². The molecule has 2 aliphatic rings. The van der Waals surface area contributed by atoms with Gasteiger partial charge in [0.2, 0.25) is 0 Å². The van der Waals surface area contributed by atoms with Crippen LogP contribution in [0.2, 0.25) is 5.02 Å². The van der Waals surface area contributed by atoms with Crippen molar-refractivity contribution in [2.45, 2.75) is 44.2 Å². The monoisotopic (exact) mass is 321 g/mol. The highest BCUT2D eigenvalue weighted by atomic mass is 35.5. The Balaban J connectivity index is 1.41. The molecule has 22 heavy (non-hydrogen) atoms. The van der Waals surface area contributed by atoms with E-state index in [0.29, 0.717) is 18.6 Å². The molecule has 2 N–H and O–H groups in total. The predicted molar refractivity (Wildman–Crippen MR) is 89.3 cm³/mol. The third-order valence-corrected chi connectivity index (χ3v) is 5.00. The second-order valence-electron chi connectivity index (χ2n) is 6.27. The van der Waals surface area contributed by atoms with Gasteiger partial charge in [-0.3, -0.25) is 4.90 Å². The van der Waals surface area contributed by atoms with Crippen LogP contribution in [0.4, 0.5) is 4.79 Å². The lowest BCUT2D eigenvalue weighted by Gasteiger charge is -2.32. The van der Waals surface area contributed by atoms with Crippen LogP contribution in [0.25, 0.3) is 0 Å². The Morgan fingerprint density at radius 1 is 1.27 bits per heavy atom. The zero-order valence-electron chi connectivity index (χ0n) is 12.9. The van der Waals surface area contributed by atoms with Gasteiger partial charge in [0.15, 0.2) is 0 Å². The number of amides is 2. The lowest BCUT2D eigenvalue weighted by Crippen LogP contribution is -2.49. The van der Waals surface area contributed by atoms with E-state index in [-0.39, 0.29) is 6.03 Å². The van der Waals surface area contributed by atoms with E-state index in [1.54, 1.807) is 0 Å². The molecule has 1 aromatic carbocycles. The van der Waals surface area contributed by atoms with Gasteiger partial charge in [-0.25, -0.2) is 4.79 Å². The number of hydrogen-bond donors (Lipinski definition) is 2. The molecule has 2 fully saturated rings. The number of carbonyl (C=O) groups is 1. The Bertz CT molecular complexity index is 522. The molecule has 0 aliphatic carbocycles. The second-order valence-corrected chi connectivity index (χ2v) is 6.71. The Morgan fingerprint density at radius 2 is 2.18 bits per heavy atom. The first-order valence-electron chi connectivity index (χ1n) is 8.25. The van der Waals surface area contributed by atoms with Crippen molar-refractivity contribution in [1.29, 1.82) is 0 Å². The van der Waals surface area contributed by atoms with E-state index in [9.17, 15) is 4.79 Å². The van der Waals surface area contributed by atoms with Crippen LogP contribution in [-0.2, 0) is 6.42 Å². The first-order chi connectivity index (χ1) is 10.7. The fourth-order valence-electron chi connectivity index (χ4n) is 3.65. The number of urea groups is 1. The van der Waals surface area contributed by atoms with Crippen LogP contribution in [0.15, 0.2) is 24.3 Å². The summed E-state index contributed by atoms with van der Waals surface area (Å²) >= 11 is 5.96. The van der Waals surface area contributed by atoms with E-state index < -0.39 is 0 Å². The molecule has 120 valence electrons. The molecule has 0 spiro atoms. The van der Waals surface area contributed by atoms with Crippen LogP contribution in [0.5, 0.6) is 0 Å². The van der Waals surface area contributed by atoms with Crippen molar-refractivity contribution in [3.63, 3.8) is 0 Å². The van der Waals surface area contributed by atoms with Crippen LogP contribution in [0.1, 0.15) is 31.2 Å². The first kappa shape index (κ1) is 15.6. The van der Waals surface area contributed by atoms with Crippen LogP contribution >= 0.6 is 11.6 Å². The fourth-order valence-corrected chi connectivity index (χ4v) is 3.86. The van der Waals surface area contributed by atoms with Crippen LogP contribution in [0.3, 0.4) is 0 Å². The molecule has 2 atom stereocenters. The van der Waals surface area contributed by atoms with E-state index >= 15 is 0 Å². The minimum absolute atomic E-state index is 0.0422. The summed E-state index contributed by atoms with van der Waals surface area (Å²) in [6.07, 6.45) is 5.68. The normalized spacial score (nSPS) is 24.8. The van der Waals surface area contributed by atoms with Gasteiger partial charge >= 0.3 is 6.03 Å². The molecule has 2 heterocycles. The summed E-state index contributed by atoms with van der Waals surface area (Å²) in [7, 11) is 0. The van der Waals surface area contributed by atoms with Crippen molar-refractivity contribution in [1.82, 2.24) is 15.5 Å². The maximum atomic E-state index is 12.1. The number of halogens is 1. The Morgan fingerprint density at radius 3 is 3.05 bits per heavy atom. The molecule has 2 aliphatic heterocycles. The zero-order chi connectivity index (χ0) is 15.4. The largest absolute Gasteiger partial charge is 0.338 e. The maximum Gasteiger partial charge on any atom is 0.315 e. The number of benzene rings is 1. The lowest BCUT2D eigenvalue weighted by atomic mass is 9.99. The number of fused-ring (bicyclic) bond motifs is 1. The van der Waals surface area contributed by atoms with Gasteiger partial charge in [0.1, 0.15) is 0 Å². The van der Waals surface area contributed by atoms with Crippen molar-refractivity contribution in [3.8, 4) is 0 Å². The molecule has 0 saturated carbocycles. The minimum atomic E-state index is -0.0422. The molecule has 0 aromatic heterocycles. The predicted octanol–water partition coefficient (Wildman–Crippen LogP) is 2.81.